The Bertz CT molecular complexity index is 1600. The molecule has 9 nitrogen and oxygen atoms in total. The number of carbonyl (C=O) groups is 1. The van der Waals surface area contributed by atoms with E-state index in [2.05, 4.69) is 5.32 Å². The van der Waals surface area contributed by atoms with Gasteiger partial charge in [-0.25, -0.2) is 13.2 Å². The van der Waals surface area contributed by atoms with E-state index in [9.17, 15) is 23.3 Å². The number of benzene rings is 2. The van der Waals surface area contributed by atoms with Gasteiger partial charge in [0.05, 0.1) is 32.8 Å². The molecular formula is C30H31N3O6S2. The smallest absolute Gasteiger partial charge is 0.337 e. The molecule has 0 saturated carbocycles. The lowest BCUT2D eigenvalue weighted by molar-refractivity contribution is -0.384. The highest BCUT2D eigenvalue weighted by atomic mass is 32.2. The molecule has 0 aliphatic carbocycles. The second kappa shape index (κ2) is 12.4. The van der Waals surface area contributed by atoms with E-state index in [1.165, 1.54) is 23.1 Å². The minimum Gasteiger partial charge on any atom is -0.461 e. The number of likely N-dealkylation sites (N-methyl/N-ethyl adjacent to an activating group) is 1. The third kappa shape index (κ3) is 6.42. The third-order valence-corrected chi connectivity index (χ3v) is 10.1. The molecule has 0 spiro atoms. The Morgan fingerprint density at radius 1 is 1.12 bits per heavy atom. The Kier molecular flexibility index (Phi) is 8.67. The van der Waals surface area contributed by atoms with Crippen LogP contribution in [0, 0.1) is 10.1 Å². The Morgan fingerprint density at radius 3 is 2.66 bits per heavy atom. The second-order valence-corrected chi connectivity index (χ2v) is 13.2. The zero-order valence-electron chi connectivity index (χ0n) is 22.6. The van der Waals surface area contributed by atoms with Crippen LogP contribution in [0.5, 0.6) is 0 Å². The van der Waals surface area contributed by atoms with Gasteiger partial charge in [-0.1, -0.05) is 48.5 Å². The summed E-state index contributed by atoms with van der Waals surface area (Å²) in [7, 11) is -1.85. The van der Waals surface area contributed by atoms with Gasteiger partial charge < -0.3 is 10.1 Å². The molecule has 0 fully saturated rings. The summed E-state index contributed by atoms with van der Waals surface area (Å²) in [5.41, 5.74) is 1.96. The number of allylic oxidation sites excluding steroid dienone is 2. The molecule has 0 saturated heterocycles. The lowest BCUT2D eigenvalue weighted by atomic mass is 9.83. The molecule has 0 radical (unpaired) electrons. The van der Waals surface area contributed by atoms with E-state index in [4.69, 9.17) is 4.74 Å². The highest BCUT2D eigenvalue weighted by Crippen LogP contribution is 2.46. The number of non-ortho nitro benzene ring substituents is 1. The topological polar surface area (TPSA) is 119 Å². The number of ether oxygens (including phenoxy) is 1. The molecular weight excluding hydrogens is 562 g/mol. The number of carbonyl (C=O) groups excluding carboxylic acids is 1. The van der Waals surface area contributed by atoms with Gasteiger partial charge in [0.15, 0.2) is 9.84 Å². The number of dihydropyridines is 1. The van der Waals surface area contributed by atoms with Crippen LogP contribution in [0.25, 0.3) is 5.70 Å². The highest BCUT2D eigenvalue weighted by Gasteiger charge is 2.43. The van der Waals surface area contributed by atoms with Gasteiger partial charge in [-0.05, 0) is 48.9 Å². The number of sulfone groups is 1. The summed E-state index contributed by atoms with van der Waals surface area (Å²) < 4.78 is 33.2. The van der Waals surface area contributed by atoms with E-state index in [1.807, 2.05) is 59.8 Å². The summed E-state index contributed by atoms with van der Waals surface area (Å²) in [6, 6.07) is 19.1. The molecule has 2 aliphatic heterocycles. The fraction of sp³-hybridized carbons (Fsp3) is 0.300. The zero-order chi connectivity index (χ0) is 29.0. The molecule has 1 atom stereocenters. The van der Waals surface area contributed by atoms with Crippen molar-refractivity contribution in [2.45, 2.75) is 31.7 Å². The normalized spacial score (nSPS) is 18.4. The summed E-state index contributed by atoms with van der Waals surface area (Å²) in [6.07, 6.45) is 1.62. The number of hydrogen-bond donors (Lipinski definition) is 1. The number of esters is 1. The van der Waals surface area contributed by atoms with Crippen LogP contribution in [0.15, 0.2) is 88.3 Å². The number of thiophene rings is 1. The summed E-state index contributed by atoms with van der Waals surface area (Å²) in [5.74, 6) is -1.78. The van der Waals surface area contributed by atoms with E-state index < -0.39 is 26.6 Å². The molecule has 2 aliphatic rings. The standard InChI is InChI=1S/C30H31N3O6S2/c1-32(20-24-13-8-17-40-24)15-16-39-30(34)27-26(22-11-7-12-23(19-22)33(35)36)29-25(14-5-6-18-41(29,37)38)31-28(27)21-9-3-2-4-10-21/h2-4,7-13,17,19,26,31H,5-6,14-16,18,20H2,1H3. The molecule has 214 valence electrons. The molecule has 3 heterocycles. The molecule has 2 aromatic carbocycles. The Morgan fingerprint density at radius 2 is 1.93 bits per heavy atom. The maximum absolute atomic E-state index is 14.0. The fourth-order valence-electron chi connectivity index (χ4n) is 5.29. The summed E-state index contributed by atoms with van der Waals surface area (Å²) in [6.45, 7) is 1.27. The van der Waals surface area contributed by atoms with Crippen LogP contribution in [-0.2, 0) is 25.9 Å². The van der Waals surface area contributed by atoms with Crippen LogP contribution >= 0.6 is 11.3 Å². The van der Waals surface area contributed by atoms with Crippen LogP contribution in [0.2, 0.25) is 0 Å². The van der Waals surface area contributed by atoms with Crippen molar-refractivity contribution in [1.29, 1.82) is 0 Å². The van der Waals surface area contributed by atoms with Crippen molar-refractivity contribution in [3.05, 3.63) is 114 Å². The van der Waals surface area contributed by atoms with Crippen LogP contribution < -0.4 is 5.32 Å². The molecule has 1 unspecified atom stereocenters. The number of hydrogen-bond acceptors (Lipinski definition) is 9. The summed E-state index contributed by atoms with van der Waals surface area (Å²) in [5, 5.41) is 17.0. The van der Waals surface area contributed by atoms with Crippen molar-refractivity contribution in [1.82, 2.24) is 10.2 Å². The van der Waals surface area contributed by atoms with Crippen molar-refractivity contribution in [3.8, 4) is 0 Å². The van der Waals surface area contributed by atoms with Gasteiger partial charge in [-0.15, -0.1) is 11.3 Å². The predicted molar refractivity (Wildman–Crippen MR) is 159 cm³/mol. The van der Waals surface area contributed by atoms with E-state index in [0.29, 0.717) is 54.9 Å². The van der Waals surface area contributed by atoms with Crippen LogP contribution in [0.1, 0.15) is 41.2 Å². The molecule has 5 rings (SSSR count). The highest BCUT2D eigenvalue weighted by molar-refractivity contribution is 7.95. The van der Waals surface area contributed by atoms with Gasteiger partial charge in [0, 0.05) is 35.8 Å². The molecule has 0 bridgehead atoms. The zero-order valence-corrected chi connectivity index (χ0v) is 24.2. The van der Waals surface area contributed by atoms with Gasteiger partial charge in [0.1, 0.15) is 6.61 Å². The van der Waals surface area contributed by atoms with Gasteiger partial charge in [-0.2, -0.15) is 0 Å². The second-order valence-electron chi connectivity index (χ2n) is 10.1. The van der Waals surface area contributed by atoms with Crippen molar-refractivity contribution >= 4 is 38.5 Å². The van der Waals surface area contributed by atoms with E-state index in [-0.39, 0.29) is 28.5 Å². The molecule has 41 heavy (non-hydrogen) atoms. The van der Waals surface area contributed by atoms with E-state index in [1.54, 1.807) is 17.4 Å². The van der Waals surface area contributed by atoms with Crippen molar-refractivity contribution in [3.63, 3.8) is 0 Å². The predicted octanol–water partition coefficient (Wildman–Crippen LogP) is 5.24. The van der Waals surface area contributed by atoms with Gasteiger partial charge >= 0.3 is 5.97 Å². The first kappa shape index (κ1) is 28.7. The van der Waals surface area contributed by atoms with Crippen molar-refractivity contribution in [2.24, 2.45) is 0 Å². The monoisotopic (exact) mass is 593 g/mol. The molecule has 3 aromatic rings. The third-order valence-electron chi connectivity index (χ3n) is 7.23. The summed E-state index contributed by atoms with van der Waals surface area (Å²) in [4.78, 5) is 28.4. The first-order valence-electron chi connectivity index (χ1n) is 13.4. The van der Waals surface area contributed by atoms with Gasteiger partial charge in [0.25, 0.3) is 5.69 Å². The molecule has 0 amide bonds. The Hall–Kier alpha value is -3.80. The molecule has 1 N–H and O–H groups in total. The van der Waals surface area contributed by atoms with Gasteiger partial charge in [0.2, 0.25) is 0 Å². The lowest BCUT2D eigenvalue weighted by Gasteiger charge is -2.32. The van der Waals surface area contributed by atoms with Crippen molar-refractivity contribution in [2.75, 3.05) is 26.0 Å². The first-order valence-corrected chi connectivity index (χ1v) is 15.9. The minimum absolute atomic E-state index is 0.0601. The SMILES string of the molecule is CN(CCOC(=O)C1=C(c2ccccc2)NC2=C(C1c1cccc([N+](=O)[O-])c1)S(=O)(=O)CCCC2)Cc1cccs1. The summed E-state index contributed by atoms with van der Waals surface area (Å²) >= 11 is 1.65. The number of nitrogens with one attached hydrogen (secondary N) is 1. The van der Waals surface area contributed by atoms with E-state index in [0.717, 1.165) is 0 Å². The molecule has 11 heteroatoms. The number of rotatable bonds is 9. The van der Waals surface area contributed by atoms with Crippen LogP contribution in [-0.4, -0.2) is 50.2 Å². The fourth-order valence-corrected chi connectivity index (χ4v) is 8.02. The minimum atomic E-state index is -3.79. The average Bonchev–Trinajstić information content (AvgIpc) is 3.42. The van der Waals surface area contributed by atoms with Crippen LogP contribution in [0.3, 0.4) is 0 Å². The molecule has 1 aromatic heterocycles. The quantitative estimate of drug-likeness (QED) is 0.203. The van der Waals surface area contributed by atoms with Crippen LogP contribution in [0.4, 0.5) is 5.69 Å². The van der Waals surface area contributed by atoms with Gasteiger partial charge in [-0.3, -0.25) is 15.0 Å². The Balaban J connectivity index is 1.58. The Labute approximate surface area is 243 Å². The maximum Gasteiger partial charge on any atom is 0.337 e. The maximum atomic E-state index is 14.0. The number of nitrogens with zero attached hydrogens (tertiary/aromatic N) is 2. The average molecular weight is 594 g/mol. The largest absolute Gasteiger partial charge is 0.461 e. The first-order chi connectivity index (χ1) is 19.7. The van der Waals surface area contributed by atoms with Crippen molar-refractivity contribution < 1.29 is 22.9 Å². The number of nitro benzene ring substituents is 1. The lowest BCUT2D eigenvalue weighted by Crippen LogP contribution is -2.33. The van der Waals surface area contributed by atoms with E-state index >= 15 is 0 Å². The number of nitro groups is 1.